The molecule has 0 bridgehead atoms. The van der Waals surface area contributed by atoms with Crippen LogP contribution in [0.25, 0.3) is 0 Å². The molecule has 0 aromatic carbocycles. The van der Waals surface area contributed by atoms with Gasteiger partial charge in [-0.1, -0.05) is 12.1 Å². The largest absolute Gasteiger partial charge is 0.377 e. The normalized spacial score (nSPS) is 19.2. The van der Waals surface area contributed by atoms with Crippen LogP contribution in [0.5, 0.6) is 0 Å². The van der Waals surface area contributed by atoms with Crippen LogP contribution in [-0.2, 0) is 11.2 Å². The minimum Gasteiger partial charge on any atom is -0.377 e. The van der Waals surface area contributed by atoms with Gasteiger partial charge < -0.3 is 14.2 Å². The SMILES string of the molecule is CCc1ccsc1C(=O)N1CCOC[C@@H]1c1ncon1. The van der Waals surface area contributed by atoms with Gasteiger partial charge in [0.2, 0.25) is 6.39 Å². The van der Waals surface area contributed by atoms with Gasteiger partial charge in [0.1, 0.15) is 6.04 Å². The molecule has 106 valence electrons. The fraction of sp³-hybridized carbons (Fsp3) is 0.462. The number of morpholine rings is 1. The summed E-state index contributed by atoms with van der Waals surface area (Å²) in [5, 5.41) is 5.79. The second-order valence-corrected chi connectivity index (χ2v) is 5.42. The number of carbonyl (C=O) groups is 1. The molecule has 1 fully saturated rings. The predicted octanol–water partition coefficient (Wildman–Crippen LogP) is 1.91. The molecule has 0 saturated carbocycles. The van der Waals surface area contributed by atoms with Crippen LogP contribution in [0.15, 0.2) is 22.4 Å². The molecular weight excluding hydrogens is 278 g/mol. The molecular formula is C13H15N3O3S. The van der Waals surface area contributed by atoms with Crippen molar-refractivity contribution >= 4 is 17.2 Å². The number of nitrogens with zero attached hydrogens (tertiary/aromatic N) is 3. The van der Waals surface area contributed by atoms with E-state index in [9.17, 15) is 4.79 Å². The number of aromatic nitrogens is 2. The lowest BCUT2D eigenvalue weighted by atomic mass is 10.1. The summed E-state index contributed by atoms with van der Waals surface area (Å²) < 4.78 is 10.2. The van der Waals surface area contributed by atoms with Gasteiger partial charge in [-0.25, -0.2) is 0 Å². The second-order valence-electron chi connectivity index (χ2n) is 4.51. The Bertz CT molecular complexity index is 581. The molecule has 0 unspecified atom stereocenters. The van der Waals surface area contributed by atoms with Crippen LogP contribution in [0, 0.1) is 0 Å². The summed E-state index contributed by atoms with van der Waals surface area (Å²) in [5.41, 5.74) is 1.08. The lowest BCUT2D eigenvalue weighted by Gasteiger charge is -2.33. The van der Waals surface area contributed by atoms with E-state index in [2.05, 4.69) is 17.1 Å². The third-order valence-corrected chi connectivity index (χ3v) is 4.33. The summed E-state index contributed by atoms with van der Waals surface area (Å²) in [4.78, 5) is 19.4. The maximum absolute atomic E-state index is 12.7. The zero-order valence-electron chi connectivity index (χ0n) is 11.1. The number of carbonyl (C=O) groups excluding carboxylic acids is 1. The van der Waals surface area contributed by atoms with Crippen molar-refractivity contribution in [2.45, 2.75) is 19.4 Å². The fourth-order valence-corrected chi connectivity index (χ4v) is 3.27. The van der Waals surface area contributed by atoms with Crippen molar-refractivity contribution in [2.24, 2.45) is 0 Å². The molecule has 1 amide bonds. The first kappa shape index (κ1) is 13.3. The minimum absolute atomic E-state index is 0.0231. The van der Waals surface area contributed by atoms with Crippen molar-refractivity contribution in [3.05, 3.63) is 34.1 Å². The number of thiophene rings is 1. The Kier molecular flexibility index (Phi) is 3.79. The molecule has 1 aliphatic rings. The number of rotatable bonds is 3. The summed E-state index contributed by atoms with van der Waals surface area (Å²) >= 11 is 1.48. The smallest absolute Gasteiger partial charge is 0.264 e. The molecule has 0 aliphatic carbocycles. The van der Waals surface area contributed by atoms with E-state index >= 15 is 0 Å². The molecule has 0 N–H and O–H groups in total. The van der Waals surface area contributed by atoms with Crippen molar-refractivity contribution in [3.8, 4) is 0 Å². The third kappa shape index (κ3) is 2.34. The Morgan fingerprint density at radius 3 is 3.25 bits per heavy atom. The van der Waals surface area contributed by atoms with Crippen molar-refractivity contribution in [1.29, 1.82) is 0 Å². The summed E-state index contributed by atoms with van der Waals surface area (Å²) in [7, 11) is 0. The quantitative estimate of drug-likeness (QED) is 0.864. The van der Waals surface area contributed by atoms with Crippen LogP contribution in [0.2, 0.25) is 0 Å². The number of amides is 1. The van der Waals surface area contributed by atoms with Crippen LogP contribution < -0.4 is 0 Å². The highest BCUT2D eigenvalue weighted by Crippen LogP contribution is 2.27. The first-order valence-electron chi connectivity index (χ1n) is 6.52. The number of aryl methyl sites for hydroxylation is 1. The molecule has 3 heterocycles. The van der Waals surface area contributed by atoms with Crippen LogP contribution in [-0.4, -0.2) is 40.7 Å². The zero-order chi connectivity index (χ0) is 13.9. The first-order valence-corrected chi connectivity index (χ1v) is 7.40. The van der Waals surface area contributed by atoms with E-state index < -0.39 is 0 Å². The fourth-order valence-electron chi connectivity index (χ4n) is 2.32. The molecule has 20 heavy (non-hydrogen) atoms. The number of ether oxygens (including phenoxy) is 1. The Morgan fingerprint density at radius 2 is 2.50 bits per heavy atom. The average molecular weight is 293 g/mol. The van der Waals surface area contributed by atoms with Crippen molar-refractivity contribution in [3.63, 3.8) is 0 Å². The van der Waals surface area contributed by atoms with Crippen LogP contribution >= 0.6 is 11.3 Å². The topological polar surface area (TPSA) is 68.5 Å². The van der Waals surface area contributed by atoms with Gasteiger partial charge in [0.15, 0.2) is 5.82 Å². The second kappa shape index (κ2) is 5.72. The average Bonchev–Trinajstić information content (AvgIpc) is 3.17. The van der Waals surface area contributed by atoms with E-state index in [1.165, 1.54) is 17.7 Å². The highest BCUT2D eigenvalue weighted by atomic mass is 32.1. The van der Waals surface area contributed by atoms with Gasteiger partial charge in [-0.05, 0) is 23.4 Å². The maximum Gasteiger partial charge on any atom is 0.264 e. The predicted molar refractivity (Wildman–Crippen MR) is 72.6 cm³/mol. The van der Waals surface area contributed by atoms with Gasteiger partial charge in [0.05, 0.1) is 18.1 Å². The zero-order valence-corrected chi connectivity index (χ0v) is 11.9. The molecule has 1 aliphatic heterocycles. The molecule has 0 spiro atoms. The summed E-state index contributed by atoms with van der Waals surface area (Å²) in [5.74, 6) is 0.516. The number of hydrogen-bond donors (Lipinski definition) is 0. The molecule has 7 heteroatoms. The van der Waals surface area contributed by atoms with Gasteiger partial charge in [-0.3, -0.25) is 4.79 Å². The molecule has 1 atom stereocenters. The minimum atomic E-state index is -0.276. The van der Waals surface area contributed by atoms with E-state index in [0.717, 1.165) is 16.9 Å². The monoisotopic (exact) mass is 293 g/mol. The standard InChI is InChI=1S/C13H15N3O3S/c1-2-9-3-6-20-11(9)13(17)16-4-5-18-7-10(16)12-14-8-19-15-12/h3,6,8,10H,2,4-5,7H2,1H3/t10-/m1/s1. The van der Waals surface area contributed by atoms with Crippen molar-refractivity contribution in [1.82, 2.24) is 15.0 Å². The summed E-state index contributed by atoms with van der Waals surface area (Å²) in [6.07, 6.45) is 2.12. The Morgan fingerprint density at radius 1 is 1.60 bits per heavy atom. The Labute approximate surface area is 120 Å². The molecule has 2 aromatic heterocycles. The first-order chi connectivity index (χ1) is 9.81. The third-order valence-electron chi connectivity index (χ3n) is 3.39. The van der Waals surface area contributed by atoms with Crippen LogP contribution in [0.4, 0.5) is 0 Å². The van der Waals surface area contributed by atoms with Gasteiger partial charge in [0.25, 0.3) is 5.91 Å². The lowest BCUT2D eigenvalue weighted by molar-refractivity contribution is -0.00555. The maximum atomic E-state index is 12.7. The van der Waals surface area contributed by atoms with Gasteiger partial charge in [0, 0.05) is 6.54 Å². The summed E-state index contributed by atoms with van der Waals surface area (Å²) in [6, 6.07) is 1.73. The van der Waals surface area contributed by atoms with E-state index in [4.69, 9.17) is 9.26 Å². The van der Waals surface area contributed by atoms with Crippen molar-refractivity contribution in [2.75, 3.05) is 19.8 Å². The molecule has 1 saturated heterocycles. The van der Waals surface area contributed by atoms with E-state index in [-0.39, 0.29) is 11.9 Å². The Balaban J connectivity index is 1.88. The highest BCUT2D eigenvalue weighted by molar-refractivity contribution is 7.12. The molecule has 6 nitrogen and oxygen atoms in total. The van der Waals surface area contributed by atoms with Gasteiger partial charge in [-0.2, -0.15) is 4.98 Å². The van der Waals surface area contributed by atoms with E-state index in [1.807, 2.05) is 11.4 Å². The van der Waals surface area contributed by atoms with Crippen LogP contribution in [0.1, 0.15) is 34.0 Å². The van der Waals surface area contributed by atoms with Crippen molar-refractivity contribution < 1.29 is 14.1 Å². The van der Waals surface area contributed by atoms with Crippen LogP contribution in [0.3, 0.4) is 0 Å². The van der Waals surface area contributed by atoms with Gasteiger partial charge >= 0.3 is 0 Å². The highest BCUT2D eigenvalue weighted by Gasteiger charge is 2.33. The Hall–Kier alpha value is -1.73. The molecule has 3 rings (SSSR count). The van der Waals surface area contributed by atoms with Gasteiger partial charge in [-0.15, -0.1) is 11.3 Å². The van der Waals surface area contributed by atoms with E-state index in [1.54, 1.807) is 4.90 Å². The lowest BCUT2D eigenvalue weighted by Crippen LogP contribution is -2.43. The molecule has 2 aromatic rings. The number of hydrogen-bond acceptors (Lipinski definition) is 6. The summed E-state index contributed by atoms with van der Waals surface area (Å²) in [6.45, 7) is 3.53. The molecule has 0 radical (unpaired) electrons. The van der Waals surface area contributed by atoms with E-state index in [0.29, 0.717) is 25.6 Å².